The minimum atomic E-state index is -0.0777. The molecule has 1 aliphatic heterocycles. The fraction of sp³-hybridized carbons (Fsp3) is 0.286. The van der Waals surface area contributed by atoms with Crippen LogP contribution >= 0.6 is 11.6 Å². The molecule has 1 aromatic carbocycles. The van der Waals surface area contributed by atoms with E-state index in [1.54, 1.807) is 6.07 Å². The number of aromatic amines is 1. The molecule has 4 heterocycles. The molecule has 1 fully saturated rings. The van der Waals surface area contributed by atoms with E-state index in [2.05, 4.69) is 19.8 Å². The van der Waals surface area contributed by atoms with Gasteiger partial charge in [-0.1, -0.05) is 29.8 Å². The van der Waals surface area contributed by atoms with Gasteiger partial charge in [0.05, 0.1) is 16.6 Å². The SMILES string of the molecule is Cc1nn2c([nH]c(=O)c3ccccc32)c1CN1CCN(c2cccc(Cl)n2)CC1. The van der Waals surface area contributed by atoms with Crippen molar-refractivity contribution in [2.24, 2.45) is 0 Å². The third kappa shape index (κ3) is 3.26. The van der Waals surface area contributed by atoms with Crippen LogP contribution in [-0.2, 0) is 6.54 Å². The minimum Gasteiger partial charge on any atom is -0.354 e. The Morgan fingerprint density at radius 3 is 2.66 bits per heavy atom. The highest BCUT2D eigenvalue weighted by molar-refractivity contribution is 6.29. The number of rotatable bonds is 3. The van der Waals surface area contributed by atoms with Gasteiger partial charge in [0, 0.05) is 38.3 Å². The summed E-state index contributed by atoms with van der Waals surface area (Å²) < 4.78 is 1.85. The number of nitrogens with zero attached hydrogens (tertiary/aromatic N) is 5. The number of anilines is 1. The zero-order chi connectivity index (χ0) is 20.0. The van der Waals surface area contributed by atoms with E-state index in [0.717, 1.165) is 61.0 Å². The largest absolute Gasteiger partial charge is 0.354 e. The third-order valence-corrected chi connectivity index (χ3v) is 5.78. The van der Waals surface area contributed by atoms with Crippen LogP contribution in [0.1, 0.15) is 11.3 Å². The van der Waals surface area contributed by atoms with E-state index >= 15 is 0 Å². The van der Waals surface area contributed by atoms with Gasteiger partial charge in [-0.3, -0.25) is 9.69 Å². The zero-order valence-electron chi connectivity index (χ0n) is 16.1. The second kappa shape index (κ2) is 7.17. The van der Waals surface area contributed by atoms with Crippen molar-refractivity contribution < 1.29 is 0 Å². The fourth-order valence-corrected chi connectivity index (χ4v) is 4.17. The van der Waals surface area contributed by atoms with Crippen LogP contribution in [0.25, 0.3) is 16.6 Å². The number of para-hydroxylation sites is 1. The van der Waals surface area contributed by atoms with Gasteiger partial charge in [-0.2, -0.15) is 5.10 Å². The molecule has 0 radical (unpaired) electrons. The number of hydrogen-bond donors (Lipinski definition) is 1. The second-order valence-electron chi connectivity index (χ2n) is 7.38. The Hall–Kier alpha value is -2.90. The van der Waals surface area contributed by atoms with Gasteiger partial charge in [0.15, 0.2) is 0 Å². The lowest BCUT2D eigenvalue weighted by Crippen LogP contribution is -2.46. The molecular formula is C21H21ClN6O. The molecule has 5 rings (SSSR count). The van der Waals surface area contributed by atoms with Crippen molar-refractivity contribution in [2.45, 2.75) is 13.5 Å². The van der Waals surface area contributed by atoms with Crippen LogP contribution in [0.15, 0.2) is 47.3 Å². The third-order valence-electron chi connectivity index (χ3n) is 5.57. The molecule has 7 nitrogen and oxygen atoms in total. The minimum absolute atomic E-state index is 0.0777. The average Bonchev–Trinajstić information content (AvgIpc) is 3.04. The Morgan fingerprint density at radius 1 is 1.07 bits per heavy atom. The number of hydrogen-bond acceptors (Lipinski definition) is 5. The smallest absolute Gasteiger partial charge is 0.259 e. The van der Waals surface area contributed by atoms with Gasteiger partial charge in [-0.25, -0.2) is 9.50 Å². The van der Waals surface area contributed by atoms with Crippen molar-refractivity contribution in [1.29, 1.82) is 0 Å². The summed E-state index contributed by atoms with van der Waals surface area (Å²) in [4.78, 5) is 24.6. The number of pyridine rings is 1. The van der Waals surface area contributed by atoms with Crippen LogP contribution < -0.4 is 10.5 Å². The summed E-state index contributed by atoms with van der Waals surface area (Å²) in [5.41, 5.74) is 3.55. The van der Waals surface area contributed by atoms with Crippen molar-refractivity contribution in [2.75, 3.05) is 31.1 Å². The Bertz CT molecular complexity index is 1260. The number of nitrogens with one attached hydrogen (secondary N) is 1. The Balaban J connectivity index is 1.40. The first kappa shape index (κ1) is 18.1. The maximum Gasteiger partial charge on any atom is 0.259 e. The molecular weight excluding hydrogens is 388 g/mol. The monoisotopic (exact) mass is 408 g/mol. The molecule has 1 N–H and O–H groups in total. The summed E-state index contributed by atoms with van der Waals surface area (Å²) in [5, 5.41) is 5.87. The normalized spacial score (nSPS) is 15.4. The first-order chi connectivity index (χ1) is 14.1. The van der Waals surface area contributed by atoms with Crippen LogP contribution in [0, 0.1) is 6.92 Å². The van der Waals surface area contributed by atoms with Crippen molar-refractivity contribution in [1.82, 2.24) is 24.5 Å². The van der Waals surface area contributed by atoms with Crippen LogP contribution in [0.5, 0.6) is 0 Å². The summed E-state index contributed by atoms with van der Waals surface area (Å²) in [6, 6.07) is 13.3. The van der Waals surface area contributed by atoms with Crippen LogP contribution in [0.3, 0.4) is 0 Å². The predicted molar refractivity (Wildman–Crippen MR) is 115 cm³/mol. The number of H-pyrrole nitrogens is 1. The van der Waals surface area contributed by atoms with Crippen LogP contribution in [0.4, 0.5) is 5.82 Å². The number of piperazine rings is 1. The van der Waals surface area contributed by atoms with Crippen molar-refractivity contribution in [3.8, 4) is 0 Å². The number of aryl methyl sites for hydroxylation is 1. The molecule has 1 saturated heterocycles. The van der Waals surface area contributed by atoms with Crippen LogP contribution in [0.2, 0.25) is 5.15 Å². The molecule has 0 unspecified atom stereocenters. The molecule has 1 aliphatic rings. The first-order valence-corrected chi connectivity index (χ1v) is 10.1. The highest BCUT2D eigenvalue weighted by atomic mass is 35.5. The number of halogens is 1. The van der Waals surface area contributed by atoms with Gasteiger partial charge >= 0.3 is 0 Å². The summed E-state index contributed by atoms with van der Waals surface area (Å²) >= 11 is 6.03. The molecule has 0 spiro atoms. The van der Waals surface area contributed by atoms with Crippen molar-refractivity contribution >= 4 is 34.0 Å². The number of benzene rings is 1. The second-order valence-corrected chi connectivity index (χ2v) is 7.76. The molecule has 0 atom stereocenters. The predicted octanol–water partition coefficient (Wildman–Crippen LogP) is 2.85. The molecule has 3 aromatic heterocycles. The van der Waals surface area contributed by atoms with Crippen molar-refractivity contribution in [3.05, 3.63) is 69.2 Å². The van der Waals surface area contributed by atoms with E-state index in [0.29, 0.717) is 10.5 Å². The molecule has 4 aromatic rings. The molecule has 8 heteroatoms. The van der Waals surface area contributed by atoms with E-state index in [1.807, 2.05) is 47.8 Å². The standard InChI is InChI=1S/C21H21ClN6O/c1-14-16(20-24-21(29)15-5-2-3-6-17(15)28(20)25-14)13-26-9-11-27(12-10-26)19-8-4-7-18(22)23-19/h2-8H,9-13H2,1H3,(H,24,29). The number of aromatic nitrogens is 4. The van der Waals surface area contributed by atoms with E-state index in [4.69, 9.17) is 16.7 Å². The first-order valence-electron chi connectivity index (χ1n) is 9.69. The van der Waals surface area contributed by atoms with Crippen LogP contribution in [-0.4, -0.2) is 50.7 Å². The van der Waals surface area contributed by atoms with Gasteiger partial charge in [-0.05, 0) is 31.2 Å². The van der Waals surface area contributed by atoms with Crippen molar-refractivity contribution in [3.63, 3.8) is 0 Å². The summed E-state index contributed by atoms with van der Waals surface area (Å²) in [5.74, 6) is 0.917. The molecule has 29 heavy (non-hydrogen) atoms. The Labute approximate surface area is 172 Å². The maximum atomic E-state index is 12.5. The van der Waals surface area contributed by atoms with Gasteiger partial charge < -0.3 is 9.88 Å². The number of fused-ring (bicyclic) bond motifs is 3. The quantitative estimate of drug-likeness (QED) is 0.528. The van der Waals surface area contributed by atoms with E-state index in [9.17, 15) is 4.79 Å². The maximum absolute atomic E-state index is 12.5. The fourth-order valence-electron chi connectivity index (χ4n) is 4.01. The average molecular weight is 409 g/mol. The molecule has 0 amide bonds. The van der Waals surface area contributed by atoms with Gasteiger partial charge in [-0.15, -0.1) is 0 Å². The molecule has 0 saturated carbocycles. The molecule has 0 aliphatic carbocycles. The highest BCUT2D eigenvalue weighted by Gasteiger charge is 2.21. The lowest BCUT2D eigenvalue weighted by molar-refractivity contribution is 0.249. The van der Waals surface area contributed by atoms with E-state index in [-0.39, 0.29) is 5.56 Å². The molecule has 0 bridgehead atoms. The topological polar surface area (TPSA) is 69.5 Å². The Kier molecular flexibility index (Phi) is 4.49. The lowest BCUT2D eigenvalue weighted by Gasteiger charge is -2.35. The molecule has 148 valence electrons. The zero-order valence-corrected chi connectivity index (χ0v) is 16.9. The summed E-state index contributed by atoms with van der Waals surface area (Å²) in [6.45, 7) is 6.32. The highest BCUT2D eigenvalue weighted by Crippen LogP contribution is 2.21. The van der Waals surface area contributed by atoms with Gasteiger partial charge in [0.25, 0.3) is 5.56 Å². The van der Waals surface area contributed by atoms with Gasteiger partial charge in [0.1, 0.15) is 16.6 Å². The summed E-state index contributed by atoms with van der Waals surface area (Å²) in [6.07, 6.45) is 0. The lowest BCUT2D eigenvalue weighted by atomic mass is 10.2. The van der Waals surface area contributed by atoms with E-state index < -0.39 is 0 Å². The Morgan fingerprint density at radius 2 is 1.86 bits per heavy atom. The summed E-state index contributed by atoms with van der Waals surface area (Å²) in [7, 11) is 0. The van der Waals surface area contributed by atoms with E-state index in [1.165, 1.54) is 0 Å². The van der Waals surface area contributed by atoms with Gasteiger partial charge in [0.2, 0.25) is 0 Å².